The van der Waals surface area contributed by atoms with Gasteiger partial charge in [0.25, 0.3) is 5.91 Å². The fourth-order valence-corrected chi connectivity index (χ4v) is 2.38. The Hall–Kier alpha value is -1.82. The fraction of sp³-hybridized carbons (Fsp3) is 0.250. The van der Waals surface area contributed by atoms with Crippen LogP contribution in [0.1, 0.15) is 16.1 Å². The smallest absolute Gasteiger partial charge is 0.253 e. The first-order chi connectivity index (χ1) is 8.78. The molecule has 0 radical (unpaired) electrons. The van der Waals surface area contributed by atoms with Crippen LogP contribution in [0.5, 0.6) is 0 Å². The van der Waals surface area contributed by atoms with Gasteiger partial charge in [-0.25, -0.2) is 9.97 Å². The minimum absolute atomic E-state index is 0.0158. The van der Waals surface area contributed by atoms with E-state index in [-0.39, 0.29) is 5.91 Å². The van der Waals surface area contributed by atoms with Crippen molar-refractivity contribution in [1.29, 1.82) is 0 Å². The van der Waals surface area contributed by atoms with Gasteiger partial charge >= 0.3 is 0 Å². The molecule has 1 aliphatic rings. The van der Waals surface area contributed by atoms with E-state index in [2.05, 4.69) is 20.3 Å². The number of H-pyrrole nitrogens is 1. The summed E-state index contributed by atoms with van der Waals surface area (Å²) >= 11 is 1.50. The van der Waals surface area contributed by atoms with Gasteiger partial charge in [0.05, 0.1) is 17.0 Å². The van der Waals surface area contributed by atoms with Crippen molar-refractivity contribution in [2.45, 2.75) is 11.6 Å². The van der Waals surface area contributed by atoms with Crippen LogP contribution in [0.15, 0.2) is 23.5 Å². The molecule has 1 aliphatic heterocycles. The summed E-state index contributed by atoms with van der Waals surface area (Å²) < 4.78 is 0. The van der Waals surface area contributed by atoms with E-state index in [9.17, 15) is 4.79 Å². The second-order valence-corrected chi connectivity index (χ2v) is 4.78. The number of aromatic amines is 1. The molecule has 0 aliphatic carbocycles. The normalized spacial score (nSPS) is 14.2. The summed E-state index contributed by atoms with van der Waals surface area (Å²) in [4.78, 5) is 23.5. The average molecular weight is 260 g/mol. The van der Waals surface area contributed by atoms with Gasteiger partial charge < -0.3 is 10.3 Å². The summed E-state index contributed by atoms with van der Waals surface area (Å²) in [6.45, 7) is 0.686. The summed E-state index contributed by atoms with van der Waals surface area (Å²) in [6, 6.07) is 3.70. The molecule has 1 amide bonds. The molecular weight excluding hydrogens is 248 g/mol. The molecule has 2 N–H and O–H groups in total. The Morgan fingerprint density at radius 2 is 2.33 bits per heavy atom. The van der Waals surface area contributed by atoms with Crippen LogP contribution in [0.4, 0.5) is 0 Å². The SMILES string of the molecule is CSc1nccc(-c2cc3c([nH]2)CCNC3=O)n1. The van der Waals surface area contributed by atoms with Crippen LogP contribution in [0.2, 0.25) is 0 Å². The van der Waals surface area contributed by atoms with E-state index < -0.39 is 0 Å². The maximum absolute atomic E-state index is 11.7. The molecule has 0 fully saturated rings. The van der Waals surface area contributed by atoms with Crippen LogP contribution < -0.4 is 5.32 Å². The van der Waals surface area contributed by atoms with Gasteiger partial charge in [-0.1, -0.05) is 11.8 Å². The van der Waals surface area contributed by atoms with Crippen molar-refractivity contribution < 1.29 is 4.79 Å². The first-order valence-corrected chi connectivity index (χ1v) is 6.88. The van der Waals surface area contributed by atoms with Gasteiger partial charge in [-0.15, -0.1) is 0 Å². The summed E-state index contributed by atoms with van der Waals surface area (Å²) in [5.74, 6) is -0.0158. The van der Waals surface area contributed by atoms with Crippen LogP contribution >= 0.6 is 11.8 Å². The monoisotopic (exact) mass is 260 g/mol. The van der Waals surface area contributed by atoms with Crippen molar-refractivity contribution >= 4 is 17.7 Å². The zero-order valence-electron chi connectivity index (χ0n) is 9.86. The number of hydrogen-bond acceptors (Lipinski definition) is 4. The highest BCUT2D eigenvalue weighted by molar-refractivity contribution is 7.98. The van der Waals surface area contributed by atoms with E-state index in [4.69, 9.17) is 0 Å². The maximum Gasteiger partial charge on any atom is 0.253 e. The average Bonchev–Trinajstić information content (AvgIpc) is 2.84. The van der Waals surface area contributed by atoms with Crippen molar-refractivity contribution in [2.75, 3.05) is 12.8 Å². The molecule has 2 aromatic rings. The topological polar surface area (TPSA) is 70.7 Å². The number of nitrogens with one attached hydrogen (secondary N) is 2. The third kappa shape index (κ3) is 1.88. The van der Waals surface area contributed by atoms with Gasteiger partial charge in [0.1, 0.15) is 0 Å². The third-order valence-corrected chi connectivity index (χ3v) is 3.46. The molecule has 92 valence electrons. The van der Waals surface area contributed by atoms with Crippen molar-refractivity contribution in [3.63, 3.8) is 0 Å². The minimum atomic E-state index is -0.0158. The van der Waals surface area contributed by atoms with Gasteiger partial charge in [-0.2, -0.15) is 0 Å². The molecule has 0 aromatic carbocycles. The van der Waals surface area contributed by atoms with Crippen LogP contribution in [-0.2, 0) is 6.42 Å². The summed E-state index contributed by atoms with van der Waals surface area (Å²) in [5.41, 5.74) is 3.39. The molecule has 18 heavy (non-hydrogen) atoms. The lowest BCUT2D eigenvalue weighted by atomic mass is 10.1. The fourth-order valence-electron chi connectivity index (χ4n) is 2.02. The number of rotatable bonds is 2. The summed E-state index contributed by atoms with van der Waals surface area (Å²) in [6.07, 6.45) is 4.50. The Balaban J connectivity index is 2.04. The van der Waals surface area contributed by atoms with E-state index >= 15 is 0 Å². The third-order valence-electron chi connectivity index (χ3n) is 2.90. The zero-order chi connectivity index (χ0) is 12.5. The van der Waals surface area contributed by atoms with Gasteiger partial charge in [0.2, 0.25) is 0 Å². The number of aromatic nitrogens is 3. The molecule has 0 saturated carbocycles. The van der Waals surface area contributed by atoms with Crippen LogP contribution in [0.25, 0.3) is 11.4 Å². The first-order valence-electron chi connectivity index (χ1n) is 5.65. The largest absolute Gasteiger partial charge is 0.356 e. The van der Waals surface area contributed by atoms with Crippen molar-refractivity contribution in [3.05, 3.63) is 29.6 Å². The van der Waals surface area contributed by atoms with Gasteiger partial charge in [-0.05, 0) is 18.4 Å². The highest BCUT2D eigenvalue weighted by Gasteiger charge is 2.20. The number of fused-ring (bicyclic) bond motifs is 1. The standard InChI is InChI=1S/C12H12N4OS/c1-18-12-14-5-3-9(16-12)10-6-7-8(15-10)2-4-13-11(7)17/h3,5-6,15H,2,4H2,1H3,(H,13,17). The number of carbonyl (C=O) groups is 1. The molecule has 0 atom stereocenters. The molecule has 3 rings (SSSR count). The molecule has 0 unspecified atom stereocenters. The second kappa shape index (κ2) is 4.45. The van der Waals surface area contributed by atoms with Crippen molar-refractivity contribution in [1.82, 2.24) is 20.3 Å². The van der Waals surface area contributed by atoms with E-state index in [0.29, 0.717) is 6.54 Å². The molecular formula is C12H12N4OS. The number of hydrogen-bond donors (Lipinski definition) is 2. The Morgan fingerprint density at radius 3 is 3.11 bits per heavy atom. The number of thioether (sulfide) groups is 1. The predicted octanol–water partition coefficient (Wildman–Crippen LogP) is 1.48. The highest BCUT2D eigenvalue weighted by Crippen LogP contribution is 2.23. The van der Waals surface area contributed by atoms with Crippen LogP contribution in [0, 0.1) is 0 Å². The Labute approximate surface area is 108 Å². The van der Waals surface area contributed by atoms with Gasteiger partial charge in [0.15, 0.2) is 5.16 Å². The first kappa shape index (κ1) is 11.3. The maximum atomic E-state index is 11.7. The Kier molecular flexibility index (Phi) is 2.79. The van der Waals surface area contributed by atoms with Gasteiger partial charge in [-0.3, -0.25) is 4.79 Å². The van der Waals surface area contributed by atoms with Crippen LogP contribution in [-0.4, -0.2) is 33.7 Å². The second-order valence-electron chi connectivity index (χ2n) is 4.01. The number of nitrogens with zero attached hydrogens (tertiary/aromatic N) is 2. The Morgan fingerprint density at radius 1 is 1.44 bits per heavy atom. The predicted molar refractivity (Wildman–Crippen MR) is 69.6 cm³/mol. The summed E-state index contributed by atoms with van der Waals surface area (Å²) in [5, 5.41) is 3.56. The minimum Gasteiger partial charge on any atom is -0.356 e. The number of amides is 1. The Bertz CT molecular complexity index is 608. The van der Waals surface area contributed by atoms with Gasteiger partial charge in [0, 0.05) is 24.9 Å². The lowest BCUT2D eigenvalue weighted by molar-refractivity contribution is 0.0946. The molecule has 6 heteroatoms. The lowest BCUT2D eigenvalue weighted by Gasteiger charge is -2.10. The molecule has 0 saturated heterocycles. The van der Waals surface area contributed by atoms with Crippen molar-refractivity contribution in [3.8, 4) is 11.4 Å². The quantitative estimate of drug-likeness (QED) is 0.634. The number of carbonyl (C=O) groups excluding carboxylic acids is 1. The van der Waals surface area contributed by atoms with Crippen molar-refractivity contribution in [2.24, 2.45) is 0 Å². The zero-order valence-corrected chi connectivity index (χ0v) is 10.7. The van der Waals surface area contributed by atoms with Crippen LogP contribution in [0.3, 0.4) is 0 Å². The lowest BCUT2D eigenvalue weighted by Crippen LogP contribution is -2.31. The molecule has 5 nitrogen and oxygen atoms in total. The van der Waals surface area contributed by atoms with E-state index in [1.165, 1.54) is 11.8 Å². The highest BCUT2D eigenvalue weighted by atomic mass is 32.2. The molecule has 0 spiro atoms. The summed E-state index contributed by atoms with van der Waals surface area (Å²) in [7, 11) is 0. The van der Waals surface area contributed by atoms with E-state index in [1.807, 2.05) is 18.4 Å². The molecule has 2 aromatic heterocycles. The van der Waals surface area contributed by atoms with E-state index in [1.54, 1.807) is 6.20 Å². The molecule has 3 heterocycles. The molecule has 0 bridgehead atoms. The van der Waals surface area contributed by atoms with E-state index in [0.717, 1.165) is 34.2 Å².